The number of aryl methyl sites for hydroxylation is 1. The highest BCUT2D eigenvalue weighted by atomic mass is 16.6. The molecule has 0 unspecified atom stereocenters. The van der Waals surface area contributed by atoms with Crippen molar-refractivity contribution in [3.05, 3.63) is 69.3 Å². The molecule has 2 aromatic rings. The summed E-state index contributed by atoms with van der Waals surface area (Å²) in [5.41, 5.74) is -0.386. The maximum Gasteiger partial charge on any atom is 0.279 e. The molecule has 0 aliphatic rings. The van der Waals surface area contributed by atoms with Crippen LogP contribution in [0.5, 0.6) is 0 Å². The average molecular weight is 299 g/mol. The van der Waals surface area contributed by atoms with E-state index in [0.29, 0.717) is 5.69 Å². The molecule has 0 saturated heterocycles. The summed E-state index contributed by atoms with van der Waals surface area (Å²) < 4.78 is 0. The van der Waals surface area contributed by atoms with Gasteiger partial charge < -0.3 is 15.2 Å². The molecule has 0 radical (unpaired) electrons. The van der Waals surface area contributed by atoms with E-state index in [4.69, 9.17) is 0 Å². The molecule has 2 rings (SSSR count). The first-order valence-electron chi connectivity index (χ1n) is 6.27. The quantitative estimate of drug-likeness (QED) is 0.679. The summed E-state index contributed by atoms with van der Waals surface area (Å²) in [5, 5.41) is 24.6. The first kappa shape index (κ1) is 15.2. The standard InChI is InChI=1S/C15H12N2O5/c1-9-4-2-5-10(8-9)16-14(18)11-6-3-7-12(17(21)22)13(11)15(19)20/h2-8H,1H3,(H,16,18)(H,19,20)/p-1. The van der Waals surface area contributed by atoms with Crippen LogP contribution in [-0.4, -0.2) is 16.8 Å². The molecular weight excluding hydrogens is 288 g/mol. The Morgan fingerprint density at radius 2 is 1.82 bits per heavy atom. The van der Waals surface area contributed by atoms with Crippen molar-refractivity contribution in [3.8, 4) is 0 Å². The van der Waals surface area contributed by atoms with E-state index in [1.54, 1.807) is 18.2 Å². The number of carboxylic acids is 1. The molecule has 0 heterocycles. The predicted molar refractivity (Wildman–Crippen MR) is 76.6 cm³/mol. The molecule has 7 nitrogen and oxygen atoms in total. The van der Waals surface area contributed by atoms with Gasteiger partial charge in [-0.05, 0) is 30.7 Å². The van der Waals surface area contributed by atoms with Crippen LogP contribution in [0.25, 0.3) is 0 Å². The van der Waals surface area contributed by atoms with Crippen LogP contribution in [0.3, 0.4) is 0 Å². The average Bonchev–Trinajstić information content (AvgIpc) is 2.46. The number of carbonyl (C=O) groups excluding carboxylic acids is 2. The number of nitrogens with zero attached hydrogens (tertiary/aromatic N) is 1. The number of nitro groups is 1. The van der Waals surface area contributed by atoms with Gasteiger partial charge in [0.15, 0.2) is 0 Å². The van der Waals surface area contributed by atoms with E-state index in [0.717, 1.165) is 11.6 Å². The first-order valence-corrected chi connectivity index (χ1v) is 6.27. The minimum atomic E-state index is -1.78. The van der Waals surface area contributed by atoms with E-state index < -0.39 is 28.1 Å². The molecule has 0 aliphatic carbocycles. The smallest absolute Gasteiger partial charge is 0.279 e. The van der Waals surface area contributed by atoms with E-state index in [2.05, 4.69) is 5.32 Å². The van der Waals surface area contributed by atoms with Crippen molar-refractivity contribution < 1.29 is 19.6 Å². The largest absolute Gasteiger partial charge is 0.545 e. The second kappa shape index (κ2) is 6.04. The Labute approximate surface area is 125 Å². The SMILES string of the molecule is Cc1cccc(NC(=O)c2cccc([N+](=O)[O-])c2C(=O)[O-])c1. The van der Waals surface area contributed by atoms with Gasteiger partial charge in [0.1, 0.15) is 0 Å². The van der Waals surface area contributed by atoms with Gasteiger partial charge in [0.25, 0.3) is 11.6 Å². The molecule has 1 N–H and O–H groups in total. The fourth-order valence-corrected chi connectivity index (χ4v) is 2.02. The second-order valence-corrected chi connectivity index (χ2v) is 4.57. The third kappa shape index (κ3) is 3.09. The van der Waals surface area contributed by atoms with E-state index in [1.165, 1.54) is 12.1 Å². The highest BCUT2D eigenvalue weighted by Crippen LogP contribution is 2.23. The number of carbonyl (C=O) groups is 2. The number of hydrogen-bond acceptors (Lipinski definition) is 5. The predicted octanol–water partition coefficient (Wildman–Crippen LogP) is 1.52. The van der Waals surface area contributed by atoms with Gasteiger partial charge in [-0.3, -0.25) is 14.9 Å². The number of carboxylic acid groups (broad SMARTS) is 1. The van der Waals surface area contributed by atoms with Crippen molar-refractivity contribution in [3.63, 3.8) is 0 Å². The molecule has 0 spiro atoms. The Kier molecular flexibility index (Phi) is 4.17. The third-order valence-electron chi connectivity index (χ3n) is 2.96. The van der Waals surface area contributed by atoms with Crippen molar-refractivity contribution >= 4 is 23.3 Å². The summed E-state index contributed by atoms with van der Waals surface area (Å²) in [4.78, 5) is 33.4. The second-order valence-electron chi connectivity index (χ2n) is 4.57. The van der Waals surface area contributed by atoms with Gasteiger partial charge in [-0.2, -0.15) is 0 Å². The van der Waals surface area contributed by atoms with Gasteiger partial charge in [-0.25, -0.2) is 0 Å². The van der Waals surface area contributed by atoms with E-state index in [1.807, 2.05) is 13.0 Å². The first-order chi connectivity index (χ1) is 10.4. The Morgan fingerprint density at radius 1 is 1.14 bits per heavy atom. The molecule has 7 heteroatoms. The van der Waals surface area contributed by atoms with Crippen molar-refractivity contribution in [2.24, 2.45) is 0 Å². The van der Waals surface area contributed by atoms with Crippen LogP contribution in [0.15, 0.2) is 42.5 Å². The molecule has 0 fully saturated rings. The number of nitrogens with one attached hydrogen (secondary N) is 1. The lowest BCUT2D eigenvalue weighted by atomic mass is 10.0. The highest BCUT2D eigenvalue weighted by Gasteiger charge is 2.22. The van der Waals surface area contributed by atoms with Crippen molar-refractivity contribution in [2.45, 2.75) is 6.92 Å². The zero-order chi connectivity index (χ0) is 16.3. The van der Waals surface area contributed by atoms with Crippen LogP contribution < -0.4 is 10.4 Å². The zero-order valence-electron chi connectivity index (χ0n) is 11.5. The van der Waals surface area contributed by atoms with Crippen molar-refractivity contribution in [1.82, 2.24) is 0 Å². The van der Waals surface area contributed by atoms with E-state index >= 15 is 0 Å². The normalized spacial score (nSPS) is 10.0. The number of benzene rings is 2. The molecule has 2 aromatic carbocycles. The zero-order valence-corrected chi connectivity index (χ0v) is 11.5. The number of nitro benzene ring substituents is 1. The summed E-state index contributed by atoms with van der Waals surface area (Å²) in [5.74, 6) is -2.53. The van der Waals surface area contributed by atoms with E-state index in [9.17, 15) is 24.8 Å². The number of anilines is 1. The molecule has 0 bridgehead atoms. The minimum Gasteiger partial charge on any atom is -0.545 e. The highest BCUT2D eigenvalue weighted by molar-refractivity contribution is 6.12. The molecule has 0 saturated carbocycles. The van der Waals surface area contributed by atoms with Crippen LogP contribution in [0.2, 0.25) is 0 Å². The van der Waals surface area contributed by atoms with Crippen LogP contribution in [0.4, 0.5) is 11.4 Å². The summed E-state index contributed by atoms with van der Waals surface area (Å²) in [7, 11) is 0. The number of hydrogen-bond donors (Lipinski definition) is 1. The topological polar surface area (TPSA) is 112 Å². The maximum absolute atomic E-state index is 12.2. The van der Waals surface area contributed by atoms with Crippen LogP contribution in [0, 0.1) is 17.0 Å². The summed E-state index contributed by atoms with van der Waals surface area (Å²) in [6, 6.07) is 10.3. The van der Waals surface area contributed by atoms with Gasteiger partial charge in [0.2, 0.25) is 0 Å². The van der Waals surface area contributed by atoms with Crippen molar-refractivity contribution in [1.29, 1.82) is 0 Å². The number of aromatic carboxylic acids is 1. The van der Waals surface area contributed by atoms with Gasteiger partial charge in [0, 0.05) is 11.8 Å². The molecule has 1 amide bonds. The Morgan fingerprint density at radius 3 is 2.41 bits per heavy atom. The summed E-state index contributed by atoms with van der Waals surface area (Å²) >= 11 is 0. The maximum atomic E-state index is 12.2. The lowest BCUT2D eigenvalue weighted by molar-refractivity contribution is -0.385. The monoisotopic (exact) mass is 299 g/mol. The molecule has 22 heavy (non-hydrogen) atoms. The molecule has 112 valence electrons. The number of amides is 1. The molecular formula is C15H11N2O5-. The minimum absolute atomic E-state index is 0.323. The van der Waals surface area contributed by atoms with E-state index in [-0.39, 0.29) is 5.56 Å². The lowest BCUT2D eigenvalue weighted by Crippen LogP contribution is -2.27. The fraction of sp³-hybridized carbons (Fsp3) is 0.0667. The number of rotatable bonds is 4. The Bertz CT molecular complexity index is 770. The van der Waals surface area contributed by atoms with Gasteiger partial charge in [0.05, 0.1) is 22.0 Å². The summed E-state index contributed by atoms with van der Waals surface area (Å²) in [6.45, 7) is 1.83. The Hall–Kier alpha value is -3.22. The molecule has 0 atom stereocenters. The van der Waals surface area contributed by atoms with Gasteiger partial charge in [-0.15, -0.1) is 0 Å². The molecule has 0 aromatic heterocycles. The van der Waals surface area contributed by atoms with Gasteiger partial charge in [-0.1, -0.05) is 18.2 Å². The fourth-order valence-electron chi connectivity index (χ4n) is 2.02. The van der Waals surface area contributed by atoms with Crippen LogP contribution >= 0.6 is 0 Å². The van der Waals surface area contributed by atoms with Crippen LogP contribution in [-0.2, 0) is 0 Å². The Balaban J connectivity index is 2.43. The molecule has 0 aliphatic heterocycles. The lowest BCUT2D eigenvalue weighted by Gasteiger charge is -2.11. The third-order valence-corrected chi connectivity index (χ3v) is 2.96. The van der Waals surface area contributed by atoms with Crippen molar-refractivity contribution in [2.75, 3.05) is 5.32 Å². The van der Waals surface area contributed by atoms with Gasteiger partial charge >= 0.3 is 0 Å². The summed E-state index contributed by atoms with van der Waals surface area (Å²) in [6.07, 6.45) is 0. The van der Waals surface area contributed by atoms with Crippen LogP contribution in [0.1, 0.15) is 26.3 Å².